The van der Waals surface area contributed by atoms with E-state index >= 15 is 0 Å². The van der Waals surface area contributed by atoms with Crippen LogP contribution in [0, 0.1) is 0 Å². The molecule has 1 saturated heterocycles. The molecule has 0 bridgehead atoms. The maximum absolute atomic E-state index is 13.1. The summed E-state index contributed by atoms with van der Waals surface area (Å²) in [5, 5.41) is 6.20. The summed E-state index contributed by atoms with van der Waals surface area (Å²) in [6, 6.07) is 12.8. The van der Waals surface area contributed by atoms with Crippen molar-refractivity contribution < 1.29 is 18.0 Å². The van der Waals surface area contributed by atoms with Crippen LogP contribution in [-0.2, 0) is 26.2 Å². The normalized spacial score (nSPS) is 17.0. The second-order valence-electron chi connectivity index (χ2n) is 7.57. The van der Waals surface area contributed by atoms with Crippen LogP contribution in [0.1, 0.15) is 31.2 Å². The lowest BCUT2D eigenvalue weighted by atomic mass is 10.0. The van der Waals surface area contributed by atoms with E-state index in [2.05, 4.69) is 10.6 Å². The molecule has 172 valence electrons. The number of carbonyl (C=O) groups excluding carboxylic acids is 2. The largest absolute Gasteiger partial charge is 0.348 e. The van der Waals surface area contributed by atoms with Crippen molar-refractivity contribution in [1.82, 2.24) is 14.9 Å². The first-order chi connectivity index (χ1) is 15.3. The fraction of sp³-hybridized carbons (Fsp3) is 0.364. The Kier molecular flexibility index (Phi) is 8.53. The molecular weight excluding hydrogens is 473 g/mol. The standard InChI is InChI=1S/C22H25Cl2N3O4S/c23-17-6-4-16(5-7-17)15-26-22(29)21(28)25-13-12-19-3-1-2-14-27(19)32(30,31)20-10-8-18(24)9-11-20/h4-11,19H,1-3,12-15H2,(H,25,28)(H,26,29)/t19-/m1/s1. The van der Waals surface area contributed by atoms with Crippen LogP contribution in [-0.4, -0.2) is 43.7 Å². The molecule has 32 heavy (non-hydrogen) atoms. The van der Waals surface area contributed by atoms with Gasteiger partial charge in [-0.05, 0) is 61.2 Å². The number of halogens is 2. The van der Waals surface area contributed by atoms with Crippen LogP contribution in [0.3, 0.4) is 0 Å². The summed E-state index contributed by atoms with van der Waals surface area (Å²) in [4.78, 5) is 24.3. The van der Waals surface area contributed by atoms with E-state index in [0.29, 0.717) is 29.4 Å². The number of rotatable bonds is 7. The van der Waals surface area contributed by atoms with Gasteiger partial charge in [0.15, 0.2) is 0 Å². The molecule has 7 nitrogen and oxygen atoms in total. The number of sulfonamides is 1. The van der Waals surface area contributed by atoms with Gasteiger partial charge in [0.1, 0.15) is 0 Å². The minimum atomic E-state index is -3.66. The second kappa shape index (κ2) is 11.1. The van der Waals surface area contributed by atoms with E-state index < -0.39 is 21.8 Å². The summed E-state index contributed by atoms with van der Waals surface area (Å²) in [5.41, 5.74) is 0.820. The van der Waals surface area contributed by atoms with Crippen molar-refractivity contribution in [3.05, 3.63) is 64.1 Å². The molecule has 0 unspecified atom stereocenters. The lowest BCUT2D eigenvalue weighted by Crippen LogP contribution is -2.46. The van der Waals surface area contributed by atoms with Crippen molar-refractivity contribution in [1.29, 1.82) is 0 Å². The summed E-state index contributed by atoms with van der Waals surface area (Å²) >= 11 is 11.7. The molecule has 2 N–H and O–H groups in total. The molecule has 2 amide bonds. The Labute approximate surface area is 198 Å². The van der Waals surface area contributed by atoms with E-state index in [1.54, 1.807) is 36.4 Å². The third-order valence-electron chi connectivity index (χ3n) is 5.33. The van der Waals surface area contributed by atoms with Crippen molar-refractivity contribution in [2.45, 2.75) is 43.2 Å². The molecule has 2 aromatic carbocycles. The van der Waals surface area contributed by atoms with Gasteiger partial charge in [0, 0.05) is 35.7 Å². The van der Waals surface area contributed by atoms with Crippen LogP contribution < -0.4 is 10.6 Å². The molecule has 0 aromatic heterocycles. The van der Waals surface area contributed by atoms with Crippen LogP contribution in [0.15, 0.2) is 53.4 Å². The number of piperidine rings is 1. The fourth-order valence-electron chi connectivity index (χ4n) is 3.62. The molecule has 1 atom stereocenters. The Morgan fingerprint density at radius 3 is 2.16 bits per heavy atom. The quantitative estimate of drug-likeness (QED) is 0.573. The first-order valence-electron chi connectivity index (χ1n) is 10.4. The monoisotopic (exact) mass is 497 g/mol. The highest BCUT2D eigenvalue weighted by Crippen LogP contribution is 2.27. The van der Waals surface area contributed by atoms with Gasteiger partial charge < -0.3 is 10.6 Å². The first kappa shape index (κ1) is 24.5. The van der Waals surface area contributed by atoms with E-state index in [4.69, 9.17) is 23.2 Å². The molecular formula is C22H25Cl2N3O4S. The third kappa shape index (κ3) is 6.45. The minimum Gasteiger partial charge on any atom is -0.348 e. The molecule has 1 aliphatic heterocycles. The maximum atomic E-state index is 13.1. The van der Waals surface area contributed by atoms with Crippen molar-refractivity contribution in [3.8, 4) is 0 Å². The summed E-state index contributed by atoms with van der Waals surface area (Å²) in [6.45, 7) is 0.828. The Balaban J connectivity index is 1.51. The number of carbonyl (C=O) groups is 2. The lowest BCUT2D eigenvalue weighted by molar-refractivity contribution is -0.139. The molecule has 3 rings (SSSR count). The van der Waals surface area contributed by atoms with Crippen LogP contribution in [0.25, 0.3) is 0 Å². The zero-order chi connectivity index (χ0) is 23.1. The van der Waals surface area contributed by atoms with Crippen molar-refractivity contribution in [2.24, 2.45) is 0 Å². The van der Waals surface area contributed by atoms with E-state index in [-0.39, 0.29) is 24.0 Å². The molecule has 1 fully saturated rings. The number of amides is 2. The van der Waals surface area contributed by atoms with E-state index in [0.717, 1.165) is 18.4 Å². The molecule has 0 radical (unpaired) electrons. The Bertz CT molecular complexity index is 1040. The summed E-state index contributed by atoms with van der Waals surface area (Å²) in [7, 11) is -3.66. The van der Waals surface area contributed by atoms with Crippen molar-refractivity contribution >= 4 is 45.0 Å². The average molecular weight is 498 g/mol. The molecule has 10 heteroatoms. The predicted octanol–water partition coefficient (Wildman–Crippen LogP) is 3.36. The molecule has 0 aliphatic carbocycles. The zero-order valence-corrected chi connectivity index (χ0v) is 19.7. The number of nitrogens with zero attached hydrogens (tertiary/aromatic N) is 1. The van der Waals surface area contributed by atoms with E-state index in [9.17, 15) is 18.0 Å². The summed E-state index contributed by atoms with van der Waals surface area (Å²) < 4.78 is 27.6. The molecule has 1 heterocycles. The van der Waals surface area contributed by atoms with Crippen LogP contribution >= 0.6 is 23.2 Å². The zero-order valence-electron chi connectivity index (χ0n) is 17.4. The fourth-order valence-corrected chi connectivity index (χ4v) is 5.59. The smallest absolute Gasteiger partial charge is 0.309 e. The van der Waals surface area contributed by atoms with Crippen molar-refractivity contribution in [3.63, 3.8) is 0 Å². The van der Waals surface area contributed by atoms with Gasteiger partial charge in [-0.3, -0.25) is 9.59 Å². The third-order valence-corrected chi connectivity index (χ3v) is 7.80. The number of hydrogen-bond acceptors (Lipinski definition) is 4. The van der Waals surface area contributed by atoms with Gasteiger partial charge in [-0.15, -0.1) is 0 Å². The van der Waals surface area contributed by atoms with E-state index in [1.807, 2.05) is 0 Å². The Morgan fingerprint density at radius 2 is 1.50 bits per heavy atom. The highest BCUT2D eigenvalue weighted by Gasteiger charge is 2.33. The van der Waals surface area contributed by atoms with Gasteiger partial charge in [-0.2, -0.15) is 4.31 Å². The van der Waals surface area contributed by atoms with Gasteiger partial charge in [0.25, 0.3) is 0 Å². The van der Waals surface area contributed by atoms with Crippen LogP contribution in [0.4, 0.5) is 0 Å². The average Bonchev–Trinajstić information content (AvgIpc) is 2.79. The molecule has 2 aromatic rings. The highest BCUT2D eigenvalue weighted by molar-refractivity contribution is 7.89. The lowest BCUT2D eigenvalue weighted by Gasteiger charge is -2.34. The Morgan fingerprint density at radius 1 is 0.906 bits per heavy atom. The second-order valence-corrected chi connectivity index (χ2v) is 10.3. The minimum absolute atomic E-state index is 0.194. The van der Waals surface area contributed by atoms with Gasteiger partial charge in [-0.1, -0.05) is 41.8 Å². The van der Waals surface area contributed by atoms with Gasteiger partial charge >= 0.3 is 11.8 Å². The first-order valence-corrected chi connectivity index (χ1v) is 12.5. The number of benzene rings is 2. The van der Waals surface area contributed by atoms with Gasteiger partial charge in [-0.25, -0.2) is 8.42 Å². The Hall–Kier alpha value is -2.13. The van der Waals surface area contributed by atoms with Crippen molar-refractivity contribution in [2.75, 3.05) is 13.1 Å². The topological polar surface area (TPSA) is 95.6 Å². The number of nitrogens with one attached hydrogen (secondary N) is 2. The van der Waals surface area contributed by atoms with Gasteiger partial charge in [0.05, 0.1) is 4.90 Å². The SMILES string of the molecule is O=C(NCC[C@H]1CCCCN1S(=O)(=O)c1ccc(Cl)cc1)C(=O)NCc1ccc(Cl)cc1. The van der Waals surface area contributed by atoms with Gasteiger partial charge in [0.2, 0.25) is 10.0 Å². The summed E-state index contributed by atoms with van der Waals surface area (Å²) in [5.74, 6) is -1.49. The maximum Gasteiger partial charge on any atom is 0.309 e. The summed E-state index contributed by atoms with van der Waals surface area (Å²) in [6.07, 6.45) is 2.81. The van der Waals surface area contributed by atoms with Crippen LogP contribution in [0.2, 0.25) is 10.0 Å². The molecule has 1 aliphatic rings. The predicted molar refractivity (Wildman–Crippen MR) is 124 cm³/mol. The van der Waals surface area contributed by atoms with Crippen LogP contribution in [0.5, 0.6) is 0 Å². The van der Waals surface area contributed by atoms with E-state index in [1.165, 1.54) is 16.4 Å². The highest BCUT2D eigenvalue weighted by atomic mass is 35.5. The number of hydrogen-bond donors (Lipinski definition) is 2. The molecule has 0 saturated carbocycles. The molecule has 0 spiro atoms.